The Morgan fingerprint density at radius 2 is 2.30 bits per heavy atom. The molecule has 4 nitrogen and oxygen atoms in total. The number of carbonyl (C=O) groups excluding carboxylic acids is 1. The van der Waals surface area contributed by atoms with Crippen molar-refractivity contribution in [1.29, 1.82) is 0 Å². The maximum absolute atomic E-state index is 10.8. The highest BCUT2D eigenvalue weighted by Gasteiger charge is 2.18. The van der Waals surface area contributed by atoms with Crippen LogP contribution in [0.1, 0.15) is 0 Å². The Morgan fingerprint density at radius 3 is 3.10 bits per heavy atom. The average Bonchev–Trinajstić information content (AvgIpc) is 2.36. The normalized spacial score (nSPS) is 20.6. The molecule has 10 heavy (non-hydrogen) atoms. The molecule has 0 aromatic heterocycles. The van der Waals surface area contributed by atoms with Crippen molar-refractivity contribution in [2.24, 2.45) is 15.2 Å². The molecule has 2 aliphatic heterocycles. The van der Waals surface area contributed by atoms with Crippen molar-refractivity contribution in [2.45, 2.75) is 0 Å². The van der Waals surface area contributed by atoms with Crippen LogP contribution in [0.5, 0.6) is 0 Å². The van der Waals surface area contributed by atoms with Crippen molar-refractivity contribution in [3.05, 3.63) is 23.5 Å². The summed E-state index contributed by atoms with van der Waals surface area (Å²) in [5.41, 5.74) is 1.15. The molecule has 0 atom stereocenters. The molecule has 0 spiro atoms. The zero-order chi connectivity index (χ0) is 6.97. The van der Waals surface area contributed by atoms with Crippen LogP contribution >= 0.6 is 0 Å². The van der Waals surface area contributed by atoms with Crippen molar-refractivity contribution >= 4 is 12.1 Å². The van der Waals surface area contributed by atoms with E-state index in [0.29, 0.717) is 11.3 Å². The van der Waals surface area contributed by atoms with Crippen molar-refractivity contribution < 1.29 is 4.79 Å². The summed E-state index contributed by atoms with van der Waals surface area (Å²) in [6.45, 7) is 0. The second-order valence-electron chi connectivity index (χ2n) is 1.89. The van der Waals surface area contributed by atoms with Crippen LogP contribution < -0.4 is 0 Å². The topological polar surface area (TPSA) is 54.1 Å². The quantitative estimate of drug-likeness (QED) is 0.482. The summed E-state index contributed by atoms with van der Waals surface area (Å²) in [7, 11) is 0. The van der Waals surface area contributed by atoms with Gasteiger partial charge in [0.25, 0.3) is 5.91 Å². The van der Waals surface area contributed by atoms with E-state index in [2.05, 4.69) is 15.2 Å². The molecule has 0 radical (unpaired) electrons. The molecule has 0 fully saturated rings. The van der Waals surface area contributed by atoms with Gasteiger partial charge in [-0.25, -0.2) is 0 Å². The maximum atomic E-state index is 10.8. The van der Waals surface area contributed by atoms with Gasteiger partial charge in [0.15, 0.2) is 0 Å². The highest BCUT2D eigenvalue weighted by atomic mass is 16.1. The molecule has 4 heteroatoms. The summed E-state index contributed by atoms with van der Waals surface area (Å²) in [6.07, 6.45) is 4.67. The number of azo groups is 1. The Labute approximate surface area is 56.7 Å². The fraction of sp³-hybridized carbons (Fsp3) is 0. The van der Waals surface area contributed by atoms with Crippen LogP contribution in [0.4, 0.5) is 0 Å². The third-order valence-corrected chi connectivity index (χ3v) is 1.29. The minimum atomic E-state index is -0.310. The zero-order valence-electron chi connectivity index (χ0n) is 4.98. The van der Waals surface area contributed by atoms with Crippen molar-refractivity contribution in [3.63, 3.8) is 0 Å². The lowest BCUT2D eigenvalue weighted by atomic mass is 10.2. The van der Waals surface area contributed by atoms with E-state index >= 15 is 0 Å². The fourth-order valence-corrected chi connectivity index (χ4v) is 0.821. The number of fused-ring (bicyclic) bond motifs is 1. The lowest BCUT2D eigenvalue weighted by molar-refractivity contribution is -0.114. The average molecular weight is 133 g/mol. The van der Waals surface area contributed by atoms with E-state index in [4.69, 9.17) is 0 Å². The molecular weight excluding hydrogens is 130 g/mol. The van der Waals surface area contributed by atoms with E-state index in [1.165, 1.54) is 6.20 Å². The van der Waals surface area contributed by atoms with Crippen molar-refractivity contribution in [2.75, 3.05) is 0 Å². The molecule has 0 saturated heterocycles. The molecular formula is C6H3N3O. The summed E-state index contributed by atoms with van der Waals surface area (Å²) < 4.78 is 0. The monoisotopic (exact) mass is 133 g/mol. The van der Waals surface area contributed by atoms with Gasteiger partial charge < -0.3 is 0 Å². The van der Waals surface area contributed by atoms with Gasteiger partial charge in [0.1, 0.15) is 0 Å². The highest BCUT2D eigenvalue weighted by Crippen LogP contribution is 2.20. The van der Waals surface area contributed by atoms with Gasteiger partial charge in [0, 0.05) is 6.21 Å². The molecule has 0 bridgehead atoms. The van der Waals surface area contributed by atoms with Crippen LogP contribution in [0.25, 0.3) is 0 Å². The van der Waals surface area contributed by atoms with E-state index in [-0.39, 0.29) is 5.91 Å². The van der Waals surface area contributed by atoms with Crippen LogP contribution in [0.15, 0.2) is 38.8 Å². The molecule has 0 unspecified atom stereocenters. The molecule has 2 aliphatic rings. The summed E-state index contributed by atoms with van der Waals surface area (Å²) in [4.78, 5) is 14.7. The minimum Gasteiger partial charge on any atom is -0.265 e. The highest BCUT2D eigenvalue weighted by molar-refractivity contribution is 6.04. The van der Waals surface area contributed by atoms with Crippen LogP contribution in [0.2, 0.25) is 0 Å². The number of aliphatic imine (C=N–C) groups is 1. The molecule has 0 aromatic carbocycles. The number of nitrogens with zero attached hydrogens (tertiary/aromatic N) is 3. The number of allylic oxidation sites excluding steroid dienone is 1. The number of hydrogen-bond donors (Lipinski definition) is 0. The molecule has 2 heterocycles. The lowest BCUT2D eigenvalue weighted by Gasteiger charge is -1.98. The molecule has 0 saturated carbocycles. The smallest absolute Gasteiger partial charge is 0.265 e. The van der Waals surface area contributed by atoms with Crippen LogP contribution in [0.3, 0.4) is 0 Å². The number of carbonyl (C=O) groups is 1. The van der Waals surface area contributed by atoms with Gasteiger partial charge in [0.05, 0.1) is 17.5 Å². The first-order valence-electron chi connectivity index (χ1n) is 2.78. The summed E-state index contributed by atoms with van der Waals surface area (Å²) in [5.74, 6) is -0.310. The molecule has 2 rings (SSSR count). The molecule has 48 valence electrons. The SMILES string of the molecule is O=C1N=NC=C2N=CC=C12. The van der Waals surface area contributed by atoms with Gasteiger partial charge in [0.2, 0.25) is 0 Å². The number of hydrogen-bond acceptors (Lipinski definition) is 3. The Hall–Kier alpha value is -1.58. The van der Waals surface area contributed by atoms with Crippen LogP contribution in [-0.4, -0.2) is 12.1 Å². The molecule has 0 N–H and O–H groups in total. The van der Waals surface area contributed by atoms with E-state index in [1.807, 2.05) is 0 Å². The van der Waals surface area contributed by atoms with E-state index in [1.54, 1.807) is 12.3 Å². The van der Waals surface area contributed by atoms with E-state index in [0.717, 1.165) is 0 Å². The first-order valence-corrected chi connectivity index (χ1v) is 2.78. The molecule has 1 amide bonds. The largest absolute Gasteiger partial charge is 0.297 e. The number of rotatable bonds is 0. The summed E-state index contributed by atoms with van der Waals surface area (Å²) in [5, 5.41) is 6.79. The van der Waals surface area contributed by atoms with Gasteiger partial charge in [-0.3, -0.25) is 9.79 Å². The van der Waals surface area contributed by atoms with Crippen molar-refractivity contribution in [3.8, 4) is 0 Å². The third-order valence-electron chi connectivity index (χ3n) is 1.29. The summed E-state index contributed by atoms with van der Waals surface area (Å²) >= 11 is 0. The lowest BCUT2D eigenvalue weighted by Crippen LogP contribution is -2.00. The Bertz CT molecular complexity index is 303. The Morgan fingerprint density at radius 1 is 1.40 bits per heavy atom. The molecule has 0 aliphatic carbocycles. The van der Waals surface area contributed by atoms with Crippen LogP contribution in [0, 0.1) is 0 Å². The minimum absolute atomic E-state index is 0.310. The Kier molecular flexibility index (Phi) is 0.887. The van der Waals surface area contributed by atoms with Gasteiger partial charge in [-0.1, -0.05) is 0 Å². The third kappa shape index (κ3) is 0.556. The first kappa shape index (κ1) is 5.22. The second kappa shape index (κ2) is 1.70. The van der Waals surface area contributed by atoms with E-state index in [9.17, 15) is 4.79 Å². The summed E-state index contributed by atoms with van der Waals surface area (Å²) in [6, 6.07) is 0. The first-order chi connectivity index (χ1) is 4.88. The predicted octanol–water partition coefficient (Wildman–Crippen LogP) is 0.831. The predicted molar refractivity (Wildman–Crippen MR) is 34.5 cm³/mol. The maximum Gasteiger partial charge on any atom is 0.297 e. The van der Waals surface area contributed by atoms with Crippen LogP contribution in [-0.2, 0) is 4.79 Å². The Balaban J connectivity index is 2.54. The standard InChI is InChI=1S/C6H3N3O/c10-6-4-1-2-7-5(4)3-8-9-6/h1-3H. The van der Waals surface area contributed by atoms with Crippen molar-refractivity contribution in [1.82, 2.24) is 0 Å². The van der Waals surface area contributed by atoms with E-state index < -0.39 is 0 Å². The second-order valence-corrected chi connectivity index (χ2v) is 1.89. The number of amides is 1. The zero-order valence-corrected chi connectivity index (χ0v) is 4.98. The fourth-order valence-electron chi connectivity index (χ4n) is 0.821. The van der Waals surface area contributed by atoms with Gasteiger partial charge >= 0.3 is 0 Å². The van der Waals surface area contributed by atoms with Gasteiger partial charge in [-0.2, -0.15) is 5.11 Å². The van der Waals surface area contributed by atoms with Gasteiger partial charge in [-0.15, -0.1) is 5.11 Å². The van der Waals surface area contributed by atoms with Gasteiger partial charge in [-0.05, 0) is 6.08 Å². The molecule has 0 aromatic rings.